The summed E-state index contributed by atoms with van der Waals surface area (Å²) in [5.41, 5.74) is 1.69. The van der Waals surface area contributed by atoms with Crippen LogP contribution in [0.4, 0.5) is 4.39 Å². The van der Waals surface area contributed by atoms with E-state index in [-0.39, 0.29) is 36.1 Å². The van der Waals surface area contributed by atoms with Crippen molar-refractivity contribution in [3.63, 3.8) is 0 Å². The van der Waals surface area contributed by atoms with Crippen LogP contribution in [0.2, 0.25) is 0 Å². The summed E-state index contributed by atoms with van der Waals surface area (Å²) in [5, 5.41) is 2.64. The highest BCUT2D eigenvalue weighted by Crippen LogP contribution is 2.37. The van der Waals surface area contributed by atoms with E-state index in [2.05, 4.69) is 5.32 Å². The molecule has 0 aromatic heterocycles. The maximum absolute atomic E-state index is 13.4. The molecule has 1 aromatic carbocycles. The van der Waals surface area contributed by atoms with Gasteiger partial charge in [0.15, 0.2) is 0 Å². The maximum Gasteiger partial charge on any atom is 0.243 e. The van der Waals surface area contributed by atoms with E-state index in [1.807, 2.05) is 6.92 Å². The number of rotatable bonds is 3. The zero-order valence-electron chi connectivity index (χ0n) is 11.4. The van der Waals surface area contributed by atoms with Crippen LogP contribution >= 0.6 is 0 Å². The number of nitrogens with one attached hydrogen (secondary N) is 1. The minimum atomic E-state index is -0.390. The number of halogens is 1. The molecule has 0 spiro atoms. The SMILES string of the molecule is Cc1ccc(F)cc1CN1C(=O)CNC(=O)C1C1CC1. The molecule has 4 nitrogen and oxygen atoms in total. The fraction of sp³-hybridized carbons (Fsp3) is 0.467. The predicted molar refractivity (Wildman–Crippen MR) is 71.2 cm³/mol. The Hall–Kier alpha value is -1.91. The molecule has 2 aliphatic rings. The molecule has 1 aliphatic carbocycles. The van der Waals surface area contributed by atoms with Gasteiger partial charge in [-0.15, -0.1) is 0 Å². The van der Waals surface area contributed by atoms with Crippen molar-refractivity contribution >= 4 is 11.8 Å². The van der Waals surface area contributed by atoms with Crippen LogP contribution in [-0.2, 0) is 16.1 Å². The van der Waals surface area contributed by atoms with Crippen LogP contribution in [-0.4, -0.2) is 29.3 Å². The third-order valence-corrected chi connectivity index (χ3v) is 4.06. The van der Waals surface area contributed by atoms with Gasteiger partial charge in [-0.1, -0.05) is 6.07 Å². The van der Waals surface area contributed by atoms with Crippen molar-refractivity contribution in [1.82, 2.24) is 10.2 Å². The van der Waals surface area contributed by atoms with E-state index in [1.165, 1.54) is 12.1 Å². The minimum absolute atomic E-state index is 0.0381. The van der Waals surface area contributed by atoms with Crippen LogP contribution in [0.25, 0.3) is 0 Å². The van der Waals surface area contributed by atoms with Gasteiger partial charge in [0.25, 0.3) is 0 Å². The molecule has 106 valence electrons. The fourth-order valence-electron chi connectivity index (χ4n) is 2.73. The van der Waals surface area contributed by atoms with E-state index in [0.29, 0.717) is 6.54 Å². The molecule has 0 radical (unpaired) electrons. The summed E-state index contributed by atoms with van der Waals surface area (Å²) >= 11 is 0. The average Bonchev–Trinajstić information content (AvgIpc) is 3.22. The van der Waals surface area contributed by atoms with Crippen LogP contribution in [0.15, 0.2) is 18.2 Å². The van der Waals surface area contributed by atoms with Gasteiger partial charge >= 0.3 is 0 Å². The molecule has 1 saturated heterocycles. The number of aryl methyl sites for hydroxylation is 1. The number of amides is 2. The Balaban J connectivity index is 1.87. The van der Waals surface area contributed by atoms with E-state index < -0.39 is 0 Å². The first-order valence-corrected chi connectivity index (χ1v) is 6.88. The molecule has 5 heteroatoms. The molecule has 2 fully saturated rings. The predicted octanol–water partition coefficient (Wildman–Crippen LogP) is 1.37. The molecule has 2 amide bonds. The molecule has 1 unspecified atom stereocenters. The van der Waals surface area contributed by atoms with Crippen molar-refractivity contribution in [3.8, 4) is 0 Å². The van der Waals surface area contributed by atoms with Gasteiger partial charge in [-0.05, 0) is 48.9 Å². The van der Waals surface area contributed by atoms with Gasteiger partial charge in [0, 0.05) is 6.54 Å². The molecule has 1 aromatic rings. The highest BCUT2D eigenvalue weighted by molar-refractivity contribution is 5.95. The average molecular weight is 276 g/mol. The Morgan fingerprint density at radius 2 is 2.10 bits per heavy atom. The monoisotopic (exact) mass is 276 g/mol. The van der Waals surface area contributed by atoms with E-state index in [1.54, 1.807) is 11.0 Å². The van der Waals surface area contributed by atoms with Crippen molar-refractivity contribution in [2.75, 3.05) is 6.54 Å². The molecule has 0 bridgehead atoms. The summed E-state index contributed by atoms with van der Waals surface area (Å²) in [7, 11) is 0. The lowest BCUT2D eigenvalue weighted by atomic mass is 10.0. The van der Waals surface area contributed by atoms with Gasteiger partial charge in [0.2, 0.25) is 11.8 Å². The topological polar surface area (TPSA) is 49.4 Å². The van der Waals surface area contributed by atoms with E-state index >= 15 is 0 Å². The molecule has 1 heterocycles. The van der Waals surface area contributed by atoms with Crippen LogP contribution in [0, 0.1) is 18.7 Å². The summed E-state index contributed by atoms with van der Waals surface area (Å²) in [6.07, 6.45) is 1.95. The van der Waals surface area contributed by atoms with Crippen LogP contribution in [0.3, 0.4) is 0 Å². The van der Waals surface area contributed by atoms with Gasteiger partial charge in [0.1, 0.15) is 11.9 Å². The van der Waals surface area contributed by atoms with Gasteiger partial charge in [0.05, 0.1) is 6.54 Å². The van der Waals surface area contributed by atoms with Crippen LogP contribution < -0.4 is 5.32 Å². The standard InChI is InChI=1S/C15H17FN2O2/c1-9-2-5-12(16)6-11(9)8-18-13(19)7-17-15(20)14(18)10-3-4-10/h2,5-6,10,14H,3-4,7-8H2,1H3,(H,17,20). The molecule has 3 rings (SSSR count). The molecule has 1 N–H and O–H groups in total. The van der Waals surface area contributed by atoms with Crippen molar-refractivity contribution in [2.45, 2.75) is 32.4 Å². The number of benzene rings is 1. The van der Waals surface area contributed by atoms with Gasteiger partial charge < -0.3 is 10.2 Å². The van der Waals surface area contributed by atoms with E-state index in [0.717, 1.165) is 24.0 Å². The number of hydrogen-bond acceptors (Lipinski definition) is 2. The normalized spacial score (nSPS) is 22.9. The number of carbonyl (C=O) groups is 2. The van der Waals surface area contributed by atoms with Crippen LogP contribution in [0.5, 0.6) is 0 Å². The molecule has 1 saturated carbocycles. The lowest BCUT2D eigenvalue weighted by Gasteiger charge is -2.35. The molecule has 1 aliphatic heterocycles. The third-order valence-electron chi connectivity index (χ3n) is 4.06. The minimum Gasteiger partial charge on any atom is -0.345 e. The Labute approximate surface area is 117 Å². The molecule has 1 atom stereocenters. The number of nitrogens with zero attached hydrogens (tertiary/aromatic N) is 1. The molecular formula is C15H17FN2O2. The Kier molecular flexibility index (Phi) is 3.20. The zero-order chi connectivity index (χ0) is 14.3. The summed E-state index contributed by atoms with van der Waals surface area (Å²) in [6.45, 7) is 2.23. The molecular weight excluding hydrogens is 259 g/mol. The van der Waals surface area contributed by atoms with Gasteiger partial charge in [-0.25, -0.2) is 4.39 Å². The third kappa shape index (κ3) is 2.40. The smallest absolute Gasteiger partial charge is 0.243 e. The zero-order valence-corrected chi connectivity index (χ0v) is 11.4. The second-order valence-electron chi connectivity index (χ2n) is 5.59. The first-order valence-electron chi connectivity index (χ1n) is 6.88. The Morgan fingerprint density at radius 3 is 2.80 bits per heavy atom. The second kappa shape index (κ2) is 4.89. The Morgan fingerprint density at radius 1 is 1.35 bits per heavy atom. The highest BCUT2D eigenvalue weighted by atomic mass is 19.1. The summed E-state index contributed by atoms with van der Waals surface area (Å²) in [4.78, 5) is 25.7. The van der Waals surface area contributed by atoms with Gasteiger partial charge in [-0.3, -0.25) is 9.59 Å². The molecule has 20 heavy (non-hydrogen) atoms. The van der Waals surface area contributed by atoms with Gasteiger partial charge in [-0.2, -0.15) is 0 Å². The van der Waals surface area contributed by atoms with Crippen molar-refractivity contribution < 1.29 is 14.0 Å². The second-order valence-corrected chi connectivity index (χ2v) is 5.59. The fourth-order valence-corrected chi connectivity index (χ4v) is 2.73. The maximum atomic E-state index is 13.4. The highest BCUT2D eigenvalue weighted by Gasteiger charge is 2.44. The summed E-state index contributed by atoms with van der Waals surface area (Å²) in [6, 6.07) is 4.16. The van der Waals surface area contributed by atoms with E-state index in [4.69, 9.17) is 0 Å². The van der Waals surface area contributed by atoms with Crippen molar-refractivity contribution in [3.05, 3.63) is 35.1 Å². The Bertz CT molecular complexity index is 569. The van der Waals surface area contributed by atoms with Crippen LogP contribution in [0.1, 0.15) is 24.0 Å². The summed E-state index contributed by atoms with van der Waals surface area (Å²) < 4.78 is 13.4. The number of piperazine rings is 1. The number of hydrogen-bond donors (Lipinski definition) is 1. The lowest BCUT2D eigenvalue weighted by Crippen LogP contribution is -2.58. The van der Waals surface area contributed by atoms with Crippen molar-refractivity contribution in [1.29, 1.82) is 0 Å². The van der Waals surface area contributed by atoms with Crippen molar-refractivity contribution in [2.24, 2.45) is 5.92 Å². The lowest BCUT2D eigenvalue weighted by molar-refractivity contribution is -0.147. The van der Waals surface area contributed by atoms with E-state index in [9.17, 15) is 14.0 Å². The largest absolute Gasteiger partial charge is 0.345 e. The quantitative estimate of drug-likeness (QED) is 0.906. The first-order chi connectivity index (χ1) is 9.56. The number of carbonyl (C=O) groups excluding carboxylic acids is 2. The first kappa shape index (κ1) is 13.1. The summed E-state index contributed by atoms with van der Waals surface area (Å²) in [5.74, 6) is -0.234.